The number of hydrogen-bond acceptors (Lipinski definition) is 1. The smallest absolute Gasteiger partial charge is 0.302 e. The lowest BCUT2D eigenvalue weighted by Gasteiger charge is -2.11. The number of halogens is 3. The minimum absolute atomic E-state index is 0.0880. The summed E-state index contributed by atoms with van der Waals surface area (Å²) in [5, 5.41) is 1.95. The molecule has 0 spiro atoms. The summed E-state index contributed by atoms with van der Waals surface area (Å²) in [6, 6.07) is 5.20. The van der Waals surface area contributed by atoms with Crippen LogP contribution in [0.5, 0.6) is 0 Å². The van der Waals surface area contributed by atoms with Gasteiger partial charge in [-0.25, -0.2) is 0 Å². The Balaban J connectivity index is 3.05. The van der Waals surface area contributed by atoms with Crippen LogP contribution in [0.3, 0.4) is 0 Å². The van der Waals surface area contributed by atoms with Gasteiger partial charge in [-0.05, 0) is 11.6 Å². The molecular formula is C9H7F3N. The summed E-state index contributed by atoms with van der Waals surface area (Å²) in [6.07, 6.45) is -4.34. The quantitative estimate of drug-likeness (QED) is 0.747. The Hall–Kier alpha value is -1.03. The summed E-state index contributed by atoms with van der Waals surface area (Å²) in [4.78, 5) is 0. The van der Waals surface area contributed by atoms with Crippen LogP contribution in [-0.2, 0) is 12.7 Å². The molecule has 3 radical (unpaired) electrons. The van der Waals surface area contributed by atoms with Crippen LogP contribution < -0.4 is 5.32 Å². The van der Waals surface area contributed by atoms with E-state index in [-0.39, 0.29) is 12.1 Å². The first-order chi connectivity index (χ1) is 6.05. The minimum atomic E-state index is -4.34. The maximum absolute atomic E-state index is 12.3. The molecule has 1 aromatic carbocycles. The van der Waals surface area contributed by atoms with Crippen molar-refractivity contribution in [3.05, 3.63) is 42.4 Å². The van der Waals surface area contributed by atoms with Crippen molar-refractivity contribution in [3.63, 3.8) is 0 Å². The number of benzene rings is 1. The first kappa shape index (κ1) is 10.1. The van der Waals surface area contributed by atoms with Gasteiger partial charge in [0.15, 0.2) is 0 Å². The van der Waals surface area contributed by atoms with Crippen molar-refractivity contribution >= 4 is 0 Å². The Morgan fingerprint density at radius 1 is 1.23 bits per heavy atom. The van der Waals surface area contributed by atoms with Crippen LogP contribution in [0, 0.1) is 7.05 Å². The first-order valence-electron chi connectivity index (χ1n) is 3.60. The van der Waals surface area contributed by atoms with Crippen LogP contribution in [0.15, 0.2) is 24.3 Å². The predicted octanol–water partition coefficient (Wildman–Crippen LogP) is 2.34. The number of hydrogen-bond donors (Lipinski definition) is 1. The van der Waals surface area contributed by atoms with E-state index in [4.69, 9.17) is 7.05 Å². The third-order valence-corrected chi connectivity index (χ3v) is 1.60. The topological polar surface area (TPSA) is 12.0 Å². The lowest BCUT2D eigenvalue weighted by Crippen LogP contribution is -2.12. The zero-order chi connectivity index (χ0) is 9.90. The van der Waals surface area contributed by atoms with Crippen LogP contribution in [0.4, 0.5) is 13.2 Å². The predicted molar refractivity (Wildman–Crippen MR) is 41.5 cm³/mol. The van der Waals surface area contributed by atoms with Gasteiger partial charge in [-0.3, -0.25) is 0 Å². The van der Waals surface area contributed by atoms with E-state index < -0.39 is 11.7 Å². The first-order valence-corrected chi connectivity index (χ1v) is 3.60. The Morgan fingerprint density at radius 2 is 1.85 bits per heavy atom. The zero-order valence-electron chi connectivity index (χ0n) is 6.65. The van der Waals surface area contributed by atoms with Gasteiger partial charge in [0.05, 0.1) is 12.6 Å². The highest BCUT2D eigenvalue weighted by Crippen LogP contribution is 2.31. The minimum Gasteiger partial charge on any atom is -0.302 e. The van der Waals surface area contributed by atoms with Crippen molar-refractivity contribution < 1.29 is 13.2 Å². The van der Waals surface area contributed by atoms with Gasteiger partial charge >= 0.3 is 6.18 Å². The fourth-order valence-corrected chi connectivity index (χ4v) is 1.05. The molecule has 69 valence electrons. The van der Waals surface area contributed by atoms with E-state index in [1.807, 2.05) is 5.32 Å². The highest BCUT2D eigenvalue weighted by atomic mass is 19.4. The van der Waals surface area contributed by atoms with Crippen molar-refractivity contribution in [2.75, 3.05) is 0 Å². The van der Waals surface area contributed by atoms with E-state index in [2.05, 4.69) is 0 Å². The van der Waals surface area contributed by atoms with E-state index >= 15 is 0 Å². The monoisotopic (exact) mass is 186 g/mol. The molecular weight excluding hydrogens is 179 g/mol. The van der Waals surface area contributed by atoms with E-state index in [1.54, 1.807) is 0 Å². The Bertz CT molecular complexity index is 280. The molecule has 0 atom stereocenters. The van der Waals surface area contributed by atoms with Crippen molar-refractivity contribution in [3.8, 4) is 0 Å². The highest BCUT2D eigenvalue weighted by molar-refractivity contribution is 5.29. The molecule has 0 saturated heterocycles. The number of alkyl halides is 3. The van der Waals surface area contributed by atoms with Crippen LogP contribution in [-0.4, -0.2) is 0 Å². The SMILES string of the molecule is [C]NCc1ccccc1C(F)(F)F. The summed E-state index contributed by atoms with van der Waals surface area (Å²) in [7, 11) is 6.62. The molecule has 0 aliphatic carbocycles. The van der Waals surface area contributed by atoms with Crippen LogP contribution >= 0.6 is 0 Å². The van der Waals surface area contributed by atoms with Gasteiger partial charge in [0.25, 0.3) is 0 Å². The van der Waals surface area contributed by atoms with Crippen LogP contribution in [0.25, 0.3) is 0 Å². The van der Waals surface area contributed by atoms with Gasteiger partial charge in [0.2, 0.25) is 0 Å². The molecule has 1 aromatic rings. The third-order valence-electron chi connectivity index (χ3n) is 1.60. The van der Waals surface area contributed by atoms with Gasteiger partial charge in [0.1, 0.15) is 0 Å². The van der Waals surface area contributed by atoms with E-state index in [0.29, 0.717) is 0 Å². The second-order valence-electron chi connectivity index (χ2n) is 2.51. The molecule has 0 aliphatic heterocycles. The molecule has 0 aliphatic rings. The maximum atomic E-state index is 12.3. The van der Waals surface area contributed by atoms with Gasteiger partial charge in [-0.15, -0.1) is 0 Å². The average Bonchev–Trinajstić information content (AvgIpc) is 2.04. The van der Waals surface area contributed by atoms with Crippen molar-refractivity contribution in [1.82, 2.24) is 5.32 Å². The molecule has 0 unspecified atom stereocenters. The molecule has 4 heteroatoms. The average molecular weight is 186 g/mol. The molecule has 0 bridgehead atoms. The molecule has 1 N–H and O–H groups in total. The standard InChI is InChI=1S/C9H7F3N/c1-13-6-7-4-2-3-5-8(7)9(10,11)12/h2-5,13H,6H2. The van der Waals surface area contributed by atoms with Gasteiger partial charge in [-0.2, -0.15) is 13.2 Å². The highest BCUT2D eigenvalue weighted by Gasteiger charge is 2.32. The Labute approximate surface area is 74.6 Å². The third kappa shape index (κ3) is 2.45. The molecule has 1 nitrogen and oxygen atoms in total. The Morgan fingerprint density at radius 3 is 2.38 bits per heavy atom. The zero-order valence-corrected chi connectivity index (χ0v) is 6.65. The summed E-state index contributed by atoms with van der Waals surface area (Å²) < 4.78 is 36.8. The summed E-state index contributed by atoms with van der Waals surface area (Å²) >= 11 is 0. The van der Waals surface area contributed by atoms with Crippen LogP contribution in [0.1, 0.15) is 11.1 Å². The molecule has 0 aromatic heterocycles. The molecule has 0 amide bonds. The van der Waals surface area contributed by atoms with Gasteiger partial charge in [0, 0.05) is 6.54 Å². The molecule has 0 heterocycles. The Kier molecular flexibility index (Phi) is 2.93. The molecule has 0 saturated carbocycles. The normalized spacial score (nSPS) is 11.7. The molecule has 0 fully saturated rings. The van der Waals surface area contributed by atoms with Gasteiger partial charge < -0.3 is 5.32 Å². The lowest BCUT2D eigenvalue weighted by molar-refractivity contribution is -0.138. The summed E-state index contributed by atoms with van der Waals surface area (Å²) in [5.74, 6) is 0. The van der Waals surface area contributed by atoms with E-state index in [9.17, 15) is 13.2 Å². The second kappa shape index (κ2) is 3.79. The number of rotatable bonds is 2. The molecule has 1 rings (SSSR count). The van der Waals surface area contributed by atoms with Crippen molar-refractivity contribution in [2.45, 2.75) is 12.7 Å². The summed E-state index contributed by atoms with van der Waals surface area (Å²) in [5.41, 5.74) is -0.597. The van der Waals surface area contributed by atoms with E-state index in [1.165, 1.54) is 18.2 Å². The summed E-state index contributed by atoms with van der Waals surface area (Å²) in [6.45, 7) is -0.102. The lowest BCUT2D eigenvalue weighted by atomic mass is 10.1. The van der Waals surface area contributed by atoms with Gasteiger partial charge in [-0.1, -0.05) is 18.2 Å². The fourth-order valence-electron chi connectivity index (χ4n) is 1.05. The van der Waals surface area contributed by atoms with Crippen molar-refractivity contribution in [2.24, 2.45) is 0 Å². The fraction of sp³-hybridized carbons (Fsp3) is 0.222. The van der Waals surface area contributed by atoms with Crippen molar-refractivity contribution in [1.29, 1.82) is 0 Å². The maximum Gasteiger partial charge on any atom is 0.416 e. The van der Waals surface area contributed by atoms with Crippen LogP contribution in [0.2, 0.25) is 0 Å². The molecule has 13 heavy (non-hydrogen) atoms. The number of nitrogens with one attached hydrogen (secondary N) is 1. The largest absolute Gasteiger partial charge is 0.416 e. The second-order valence-corrected chi connectivity index (χ2v) is 2.51. The van der Waals surface area contributed by atoms with E-state index in [0.717, 1.165) is 6.07 Å².